The molecule has 5 rings (SSSR count). The van der Waals surface area contributed by atoms with Crippen molar-refractivity contribution in [1.29, 1.82) is 0 Å². The maximum Gasteiger partial charge on any atom is 0.123 e. The summed E-state index contributed by atoms with van der Waals surface area (Å²) in [6.07, 6.45) is 5.18. The molecule has 1 aliphatic carbocycles. The van der Waals surface area contributed by atoms with E-state index in [0.29, 0.717) is 0 Å². The number of benzene rings is 2. The third-order valence-electron chi connectivity index (χ3n) is 5.26. The molecule has 2 aromatic carbocycles. The Labute approximate surface area is 151 Å². The number of hydrogen-bond donors (Lipinski definition) is 1. The molecule has 0 saturated heterocycles. The highest BCUT2D eigenvalue weighted by molar-refractivity contribution is 6.07. The number of aromatic amines is 1. The summed E-state index contributed by atoms with van der Waals surface area (Å²) in [6.45, 7) is 0. The predicted octanol–water partition coefficient (Wildman–Crippen LogP) is 4.28. The number of aryl methyl sites for hydroxylation is 1. The maximum atomic E-state index is 5.45. The Kier molecular flexibility index (Phi) is 3.35. The molecule has 0 unspecified atom stereocenters. The van der Waals surface area contributed by atoms with Gasteiger partial charge in [-0.25, -0.2) is 4.98 Å². The molecule has 1 N–H and O–H groups in total. The third kappa shape index (κ3) is 2.17. The molecule has 2 aromatic heterocycles. The summed E-state index contributed by atoms with van der Waals surface area (Å²) in [5, 5.41) is 9.68. The van der Waals surface area contributed by atoms with Crippen LogP contribution in [-0.2, 0) is 12.8 Å². The highest BCUT2D eigenvalue weighted by Gasteiger charge is 2.23. The normalized spacial score (nSPS) is 13.3. The lowest BCUT2D eigenvalue weighted by atomic mass is 9.97. The Balaban J connectivity index is 1.84. The number of ether oxygens (including phenoxy) is 2. The number of methoxy groups -OCH3 is 2. The van der Waals surface area contributed by atoms with Gasteiger partial charge in [-0.3, -0.25) is 5.10 Å². The molecule has 0 aliphatic heterocycles. The number of aromatic nitrogens is 3. The van der Waals surface area contributed by atoms with Crippen LogP contribution in [0.2, 0.25) is 0 Å². The van der Waals surface area contributed by atoms with Gasteiger partial charge in [0.05, 0.1) is 37.1 Å². The summed E-state index contributed by atoms with van der Waals surface area (Å²) in [5.74, 6) is 1.55. The number of pyridine rings is 1. The van der Waals surface area contributed by atoms with Crippen LogP contribution in [0.5, 0.6) is 11.5 Å². The van der Waals surface area contributed by atoms with Crippen LogP contribution in [0.4, 0.5) is 0 Å². The summed E-state index contributed by atoms with van der Waals surface area (Å²) < 4.78 is 10.9. The molecule has 0 radical (unpaired) electrons. The Morgan fingerprint density at radius 3 is 2.50 bits per heavy atom. The number of rotatable bonds is 3. The van der Waals surface area contributed by atoms with Crippen molar-refractivity contribution in [3.8, 4) is 22.8 Å². The molecule has 5 heteroatoms. The van der Waals surface area contributed by atoms with Crippen LogP contribution in [0.15, 0.2) is 36.5 Å². The van der Waals surface area contributed by atoms with Crippen LogP contribution in [0.1, 0.15) is 17.5 Å². The zero-order valence-corrected chi connectivity index (χ0v) is 14.8. The lowest BCUT2D eigenvalue weighted by molar-refractivity contribution is 0.394. The molecule has 0 fully saturated rings. The van der Waals surface area contributed by atoms with Crippen molar-refractivity contribution < 1.29 is 9.47 Å². The van der Waals surface area contributed by atoms with Crippen molar-refractivity contribution in [1.82, 2.24) is 15.2 Å². The van der Waals surface area contributed by atoms with Crippen LogP contribution < -0.4 is 9.47 Å². The highest BCUT2D eigenvalue weighted by atomic mass is 16.5. The van der Waals surface area contributed by atoms with Gasteiger partial charge in [0.1, 0.15) is 11.5 Å². The van der Waals surface area contributed by atoms with Crippen molar-refractivity contribution in [2.24, 2.45) is 0 Å². The molecule has 2 heterocycles. The fourth-order valence-corrected chi connectivity index (χ4v) is 4.07. The molecule has 4 aromatic rings. The molecule has 0 spiro atoms. The molecule has 0 atom stereocenters. The molecule has 0 amide bonds. The molecule has 0 saturated carbocycles. The fourth-order valence-electron chi connectivity index (χ4n) is 4.07. The second-order valence-corrected chi connectivity index (χ2v) is 6.66. The van der Waals surface area contributed by atoms with Crippen LogP contribution >= 0.6 is 0 Å². The average molecular weight is 345 g/mol. The monoisotopic (exact) mass is 345 g/mol. The van der Waals surface area contributed by atoms with E-state index in [-0.39, 0.29) is 0 Å². The summed E-state index contributed by atoms with van der Waals surface area (Å²) in [7, 11) is 3.35. The van der Waals surface area contributed by atoms with Gasteiger partial charge in [-0.2, -0.15) is 5.10 Å². The second-order valence-electron chi connectivity index (χ2n) is 6.66. The van der Waals surface area contributed by atoms with Crippen LogP contribution in [-0.4, -0.2) is 29.4 Å². The van der Waals surface area contributed by atoms with E-state index in [1.165, 1.54) is 16.5 Å². The number of nitrogens with zero attached hydrogens (tertiary/aromatic N) is 2. The minimum absolute atomic E-state index is 0.776. The molecule has 26 heavy (non-hydrogen) atoms. The van der Waals surface area contributed by atoms with Gasteiger partial charge in [-0.05, 0) is 54.7 Å². The average Bonchev–Trinajstić information content (AvgIpc) is 3.35. The SMILES string of the molecule is COc1cc(OC)cc(-c2nc3ccc4[nH]ncc4c3c3c2CCC3)c1. The van der Waals surface area contributed by atoms with Gasteiger partial charge in [0.15, 0.2) is 0 Å². The molecule has 130 valence electrons. The van der Waals surface area contributed by atoms with Gasteiger partial charge < -0.3 is 9.47 Å². The fraction of sp³-hybridized carbons (Fsp3) is 0.238. The highest BCUT2D eigenvalue weighted by Crippen LogP contribution is 2.40. The summed E-state index contributed by atoms with van der Waals surface area (Å²) in [4.78, 5) is 5.04. The van der Waals surface area contributed by atoms with Crippen molar-refractivity contribution in [2.75, 3.05) is 14.2 Å². The minimum Gasteiger partial charge on any atom is -0.497 e. The van der Waals surface area contributed by atoms with Gasteiger partial charge >= 0.3 is 0 Å². The number of nitrogens with one attached hydrogen (secondary N) is 1. The first-order chi connectivity index (χ1) is 12.8. The van der Waals surface area contributed by atoms with E-state index in [2.05, 4.69) is 22.3 Å². The standard InChI is InChI=1S/C21H19N3O2/c1-25-13-8-12(9-14(10-13)26-2)21-16-5-3-4-15(16)20-17-11-22-24-18(17)6-7-19(20)23-21/h6-11H,3-5H2,1-2H3,(H,22,24). The van der Waals surface area contributed by atoms with Crippen molar-refractivity contribution in [3.63, 3.8) is 0 Å². The van der Waals surface area contributed by atoms with Crippen LogP contribution in [0.25, 0.3) is 33.1 Å². The van der Waals surface area contributed by atoms with Crippen molar-refractivity contribution in [2.45, 2.75) is 19.3 Å². The quantitative estimate of drug-likeness (QED) is 0.602. The van der Waals surface area contributed by atoms with Gasteiger partial charge in [0.2, 0.25) is 0 Å². The van der Waals surface area contributed by atoms with Crippen molar-refractivity contribution in [3.05, 3.63) is 47.7 Å². The van der Waals surface area contributed by atoms with Crippen LogP contribution in [0.3, 0.4) is 0 Å². The first-order valence-corrected chi connectivity index (χ1v) is 8.79. The third-order valence-corrected chi connectivity index (χ3v) is 5.26. The molecule has 0 bridgehead atoms. The van der Waals surface area contributed by atoms with E-state index in [4.69, 9.17) is 14.5 Å². The second kappa shape index (κ2) is 5.73. The van der Waals surface area contributed by atoms with Gasteiger partial charge in [0.25, 0.3) is 0 Å². The first-order valence-electron chi connectivity index (χ1n) is 8.79. The topological polar surface area (TPSA) is 60.0 Å². The van der Waals surface area contributed by atoms with Crippen LogP contribution in [0, 0.1) is 0 Å². The van der Waals surface area contributed by atoms with Gasteiger partial charge in [-0.15, -0.1) is 0 Å². The summed E-state index contributed by atoms with van der Waals surface area (Å²) in [6, 6.07) is 10.1. The van der Waals surface area contributed by atoms with Gasteiger partial charge in [-0.1, -0.05) is 0 Å². The number of hydrogen-bond acceptors (Lipinski definition) is 4. The maximum absolute atomic E-state index is 5.45. The lowest BCUT2D eigenvalue weighted by Crippen LogP contribution is -1.97. The number of fused-ring (bicyclic) bond motifs is 5. The van der Waals surface area contributed by atoms with E-state index in [0.717, 1.165) is 58.4 Å². The van der Waals surface area contributed by atoms with E-state index in [1.807, 2.05) is 24.4 Å². The predicted molar refractivity (Wildman–Crippen MR) is 102 cm³/mol. The van der Waals surface area contributed by atoms with E-state index >= 15 is 0 Å². The zero-order chi connectivity index (χ0) is 17.7. The Hall–Kier alpha value is -3.08. The lowest BCUT2D eigenvalue weighted by Gasteiger charge is -2.14. The summed E-state index contributed by atoms with van der Waals surface area (Å²) in [5.41, 5.74) is 6.87. The largest absolute Gasteiger partial charge is 0.497 e. The van der Waals surface area contributed by atoms with E-state index in [9.17, 15) is 0 Å². The number of H-pyrrole nitrogens is 1. The van der Waals surface area contributed by atoms with Crippen molar-refractivity contribution >= 4 is 21.8 Å². The molecular weight excluding hydrogens is 326 g/mol. The Morgan fingerprint density at radius 1 is 0.962 bits per heavy atom. The van der Waals surface area contributed by atoms with E-state index in [1.54, 1.807) is 14.2 Å². The van der Waals surface area contributed by atoms with E-state index < -0.39 is 0 Å². The smallest absolute Gasteiger partial charge is 0.123 e. The van der Waals surface area contributed by atoms with Gasteiger partial charge in [0, 0.05) is 22.4 Å². The minimum atomic E-state index is 0.776. The Bertz CT molecular complexity index is 1120. The zero-order valence-electron chi connectivity index (χ0n) is 14.8. The molecular formula is C21H19N3O2. The summed E-state index contributed by atoms with van der Waals surface area (Å²) >= 11 is 0. The Morgan fingerprint density at radius 2 is 1.73 bits per heavy atom. The molecule has 5 nitrogen and oxygen atoms in total. The molecule has 1 aliphatic rings. The first kappa shape index (κ1) is 15.2.